The number of carbonyl (C=O) groups is 3. The molecule has 0 aromatic carbocycles. The predicted octanol–water partition coefficient (Wildman–Crippen LogP) is -0.840. The van der Waals surface area contributed by atoms with Crippen molar-refractivity contribution >= 4 is 17.8 Å². The van der Waals surface area contributed by atoms with Crippen molar-refractivity contribution in [2.24, 2.45) is 5.73 Å². The number of rotatable bonds is 4. The number of nitrogens with two attached hydrogens (primary N) is 1. The molecule has 1 atom stereocenters. The molecule has 0 spiro atoms. The third-order valence-corrected chi connectivity index (χ3v) is 1.89. The molecule has 1 fully saturated rings. The number of aliphatic carboxylic acids is 2. The van der Waals surface area contributed by atoms with Crippen molar-refractivity contribution in [2.75, 3.05) is 6.54 Å². The van der Waals surface area contributed by atoms with Crippen LogP contribution in [0, 0.1) is 0 Å². The van der Waals surface area contributed by atoms with E-state index in [1.54, 1.807) is 0 Å². The number of nitrogens with one attached hydrogen (secondary N) is 1. The van der Waals surface area contributed by atoms with Crippen LogP contribution in [0.3, 0.4) is 0 Å². The van der Waals surface area contributed by atoms with Crippen LogP contribution in [0.5, 0.6) is 0 Å². The average Bonchev–Trinajstić information content (AvgIpc) is 2.63. The first-order valence-electron chi connectivity index (χ1n) is 4.91. The van der Waals surface area contributed by atoms with Gasteiger partial charge in [0.1, 0.15) is 6.04 Å². The Hall–Kier alpha value is -1.63. The zero-order valence-electron chi connectivity index (χ0n) is 8.81. The van der Waals surface area contributed by atoms with Crippen molar-refractivity contribution in [3.8, 4) is 0 Å². The van der Waals surface area contributed by atoms with Crippen LogP contribution >= 0.6 is 0 Å². The molecule has 0 radical (unpaired) electrons. The van der Waals surface area contributed by atoms with Crippen molar-refractivity contribution in [2.45, 2.75) is 31.7 Å². The zero-order chi connectivity index (χ0) is 12.6. The van der Waals surface area contributed by atoms with Crippen molar-refractivity contribution in [1.29, 1.82) is 0 Å². The van der Waals surface area contributed by atoms with Gasteiger partial charge < -0.3 is 21.3 Å². The molecule has 7 nitrogen and oxygen atoms in total. The quantitative estimate of drug-likeness (QED) is 0.500. The van der Waals surface area contributed by atoms with Gasteiger partial charge in [-0.2, -0.15) is 0 Å². The van der Waals surface area contributed by atoms with Crippen LogP contribution in [-0.2, 0) is 14.4 Å². The minimum absolute atomic E-state index is 0.164. The largest absolute Gasteiger partial charge is 0.481 e. The number of carbonyl (C=O) groups excluding carboxylic acids is 1. The van der Waals surface area contributed by atoms with Crippen LogP contribution in [0.2, 0.25) is 0 Å². The second-order valence-corrected chi connectivity index (χ2v) is 3.28. The number of hydrogen-bond acceptors (Lipinski definition) is 4. The average molecular weight is 232 g/mol. The standard InChI is InChI=1S/C5H7NO3.C4H9NO2/c7-4-2-1-3(6-4)5(8)9;5-3-1-2-4(6)7/h3H,1-2H2,(H,6,7)(H,8,9);1-3,5H2,(H,6,7)/t3-;/m0./s1. The van der Waals surface area contributed by atoms with Crippen LogP contribution in [-0.4, -0.2) is 40.6 Å². The van der Waals surface area contributed by atoms with E-state index in [4.69, 9.17) is 15.9 Å². The maximum absolute atomic E-state index is 10.4. The Balaban J connectivity index is 0.000000293. The normalized spacial score (nSPS) is 18.3. The minimum Gasteiger partial charge on any atom is -0.481 e. The molecule has 5 N–H and O–H groups in total. The fraction of sp³-hybridized carbons (Fsp3) is 0.667. The smallest absolute Gasteiger partial charge is 0.326 e. The predicted molar refractivity (Wildman–Crippen MR) is 54.7 cm³/mol. The fourth-order valence-corrected chi connectivity index (χ4v) is 1.05. The summed E-state index contributed by atoms with van der Waals surface area (Å²) in [4.78, 5) is 30.2. The summed E-state index contributed by atoms with van der Waals surface area (Å²) >= 11 is 0. The SMILES string of the molecule is NCCCC(=O)O.O=C1CC[C@@H](C(=O)O)N1. The van der Waals surface area contributed by atoms with Gasteiger partial charge in [-0.15, -0.1) is 0 Å². The summed E-state index contributed by atoms with van der Waals surface area (Å²) in [6.07, 6.45) is 1.54. The number of hydrogen-bond donors (Lipinski definition) is 4. The summed E-state index contributed by atoms with van der Waals surface area (Å²) in [5.41, 5.74) is 5.01. The summed E-state index contributed by atoms with van der Waals surface area (Å²) in [5, 5.41) is 18.6. The molecular weight excluding hydrogens is 216 g/mol. The Bertz CT molecular complexity index is 267. The van der Waals surface area contributed by atoms with Gasteiger partial charge in [-0.05, 0) is 19.4 Å². The van der Waals surface area contributed by atoms with E-state index in [-0.39, 0.29) is 12.3 Å². The Morgan fingerprint density at radius 1 is 1.44 bits per heavy atom. The lowest BCUT2D eigenvalue weighted by Crippen LogP contribution is -2.32. The van der Waals surface area contributed by atoms with E-state index in [9.17, 15) is 14.4 Å². The summed E-state index contributed by atoms with van der Waals surface area (Å²) in [6, 6.07) is -0.641. The van der Waals surface area contributed by atoms with Crippen LogP contribution < -0.4 is 11.1 Å². The van der Waals surface area contributed by atoms with E-state index in [1.807, 2.05) is 0 Å². The number of carboxylic acids is 2. The first kappa shape index (κ1) is 14.4. The lowest BCUT2D eigenvalue weighted by atomic mass is 10.2. The van der Waals surface area contributed by atoms with Gasteiger partial charge in [-0.25, -0.2) is 4.79 Å². The van der Waals surface area contributed by atoms with Gasteiger partial charge in [0.2, 0.25) is 5.91 Å². The van der Waals surface area contributed by atoms with Gasteiger partial charge in [0.15, 0.2) is 0 Å². The molecule has 1 rings (SSSR count). The van der Waals surface area contributed by atoms with Crippen molar-refractivity contribution < 1.29 is 24.6 Å². The summed E-state index contributed by atoms with van der Waals surface area (Å²) < 4.78 is 0. The van der Waals surface area contributed by atoms with E-state index in [1.165, 1.54) is 0 Å². The molecule has 1 heterocycles. The van der Waals surface area contributed by atoms with Crippen molar-refractivity contribution in [3.05, 3.63) is 0 Å². The summed E-state index contributed by atoms with van der Waals surface area (Å²) in [6.45, 7) is 0.465. The zero-order valence-corrected chi connectivity index (χ0v) is 8.81. The summed E-state index contributed by atoms with van der Waals surface area (Å²) in [7, 11) is 0. The molecule has 92 valence electrons. The lowest BCUT2D eigenvalue weighted by Gasteiger charge is -1.99. The molecule has 0 aliphatic carbocycles. The Labute approximate surface area is 92.6 Å². The maximum atomic E-state index is 10.4. The van der Waals surface area contributed by atoms with E-state index in [2.05, 4.69) is 5.32 Å². The first-order valence-corrected chi connectivity index (χ1v) is 4.91. The topological polar surface area (TPSA) is 130 Å². The van der Waals surface area contributed by atoms with E-state index in [0.717, 1.165) is 0 Å². The third kappa shape index (κ3) is 6.77. The van der Waals surface area contributed by atoms with E-state index in [0.29, 0.717) is 25.8 Å². The number of amides is 1. The molecule has 1 saturated heterocycles. The van der Waals surface area contributed by atoms with Gasteiger partial charge in [-0.3, -0.25) is 9.59 Å². The highest BCUT2D eigenvalue weighted by Gasteiger charge is 2.26. The number of carboxylic acid groups (broad SMARTS) is 2. The van der Waals surface area contributed by atoms with Crippen LogP contribution in [0.15, 0.2) is 0 Å². The van der Waals surface area contributed by atoms with Crippen LogP contribution in [0.25, 0.3) is 0 Å². The van der Waals surface area contributed by atoms with Crippen molar-refractivity contribution in [1.82, 2.24) is 5.32 Å². The molecule has 0 unspecified atom stereocenters. The highest BCUT2D eigenvalue weighted by Crippen LogP contribution is 2.05. The van der Waals surface area contributed by atoms with Gasteiger partial charge in [0, 0.05) is 12.8 Å². The molecule has 1 aliphatic heterocycles. The summed E-state index contributed by atoms with van der Waals surface area (Å²) in [5.74, 6) is -1.88. The maximum Gasteiger partial charge on any atom is 0.326 e. The Morgan fingerprint density at radius 2 is 2.06 bits per heavy atom. The first-order chi connectivity index (χ1) is 7.47. The Kier molecular flexibility index (Phi) is 6.86. The van der Waals surface area contributed by atoms with Crippen LogP contribution in [0.4, 0.5) is 0 Å². The minimum atomic E-state index is -0.944. The second kappa shape index (κ2) is 7.63. The van der Waals surface area contributed by atoms with Gasteiger partial charge in [0.05, 0.1) is 0 Å². The van der Waals surface area contributed by atoms with Crippen LogP contribution in [0.1, 0.15) is 25.7 Å². The molecule has 0 aromatic rings. The lowest BCUT2D eigenvalue weighted by molar-refractivity contribution is -0.140. The van der Waals surface area contributed by atoms with Gasteiger partial charge in [0.25, 0.3) is 0 Å². The second-order valence-electron chi connectivity index (χ2n) is 3.28. The molecule has 16 heavy (non-hydrogen) atoms. The van der Waals surface area contributed by atoms with Gasteiger partial charge in [-0.1, -0.05) is 0 Å². The fourth-order valence-electron chi connectivity index (χ4n) is 1.05. The highest BCUT2D eigenvalue weighted by molar-refractivity contribution is 5.87. The molecule has 1 amide bonds. The highest BCUT2D eigenvalue weighted by atomic mass is 16.4. The third-order valence-electron chi connectivity index (χ3n) is 1.89. The monoisotopic (exact) mass is 232 g/mol. The molecule has 0 bridgehead atoms. The van der Waals surface area contributed by atoms with E-state index >= 15 is 0 Å². The molecular formula is C9H16N2O5. The van der Waals surface area contributed by atoms with E-state index < -0.39 is 18.0 Å². The van der Waals surface area contributed by atoms with Crippen molar-refractivity contribution in [3.63, 3.8) is 0 Å². The molecule has 7 heteroatoms. The molecule has 1 aliphatic rings. The molecule has 0 aromatic heterocycles. The molecule has 0 saturated carbocycles. The van der Waals surface area contributed by atoms with Gasteiger partial charge >= 0.3 is 11.9 Å². The Morgan fingerprint density at radius 3 is 2.25 bits per heavy atom.